The van der Waals surface area contributed by atoms with Gasteiger partial charge in [0.15, 0.2) is 11.9 Å². The Morgan fingerprint density at radius 2 is 0.863 bits per heavy atom. The second-order valence-electron chi connectivity index (χ2n) is 12.2. The first-order valence-corrected chi connectivity index (χ1v) is 16.9. The third-order valence-corrected chi connectivity index (χ3v) is 8.71. The summed E-state index contributed by atoms with van der Waals surface area (Å²) in [5.74, 6) is 2.54. The summed E-state index contributed by atoms with van der Waals surface area (Å²) in [4.78, 5) is 0. The molecule has 1 fully saturated rings. The fraction of sp³-hybridized carbons (Fsp3) is 0.286. The van der Waals surface area contributed by atoms with Gasteiger partial charge in [0, 0.05) is 0 Å². The Bertz CT molecular complexity index is 1670. The molecule has 0 aromatic heterocycles. The van der Waals surface area contributed by atoms with Crippen LogP contribution < -0.4 is 18.9 Å². The molecule has 0 amide bonds. The first-order valence-electron chi connectivity index (χ1n) is 16.9. The van der Waals surface area contributed by atoms with Crippen LogP contribution in [0.1, 0.15) is 16.7 Å². The summed E-state index contributed by atoms with van der Waals surface area (Å²) < 4.78 is 50.1. The highest BCUT2D eigenvalue weighted by molar-refractivity contribution is 5.32. The van der Waals surface area contributed by atoms with Crippen LogP contribution in [-0.4, -0.2) is 62.7 Å². The van der Waals surface area contributed by atoms with E-state index in [0.717, 1.165) is 16.7 Å². The second-order valence-corrected chi connectivity index (χ2v) is 12.2. The second kappa shape index (κ2) is 17.8. The highest BCUT2D eigenvalue weighted by atomic mass is 16.7. The molecule has 266 valence electrons. The molecule has 9 heteroatoms. The summed E-state index contributed by atoms with van der Waals surface area (Å²) in [5, 5.41) is 11.9. The van der Waals surface area contributed by atoms with Gasteiger partial charge in [0.2, 0.25) is 0 Å². The van der Waals surface area contributed by atoms with Crippen LogP contribution in [0.4, 0.5) is 0 Å². The predicted molar refractivity (Wildman–Crippen MR) is 192 cm³/mol. The van der Waals surface area contributed by atoms with Crippen LogP contribution in [0.25, 0.3) is 0 Å². The fourth-order valence-corrected chi connectivity index (χ4v) is 5.94. The van der Waals surface area contributed by atoms with E-state index < -0.39 is 30.2 Å². The highest BCUT2D eigenvalue weighted by Crippen LogP contribution is 2.38. The third kappa shape index (κ3) is 9.67. The average molecular weight is 693 g/mol. The SMILES string of the molecule is COc1ccc(OCC2(COc3ccc(OC)cc3)OC(O)[C@H](OCc3ccccc3)[C@@H](OCc3ccccc3)[C@@H]2OCc2ccccc2)cc1. The van der Waals surface area contributed by atoms with Crippen LogP contribution in [-0.2, 0) is 38.8 Å². The quantitative estimate of drug-likeness (QED) is 0.111. The van der Waals surface area contributed by atoms with Crippen molar-refractivity contribution in [1.82, 2.24) is 0 Å². The maximum absolute atomic E-state index is 11.9. The van der Waals surface area contributed by atoms with E-state index in [9.17, 15) is 5.11 Å². The number of benzene rings is 5. The molecule has 0 saturated carbocycles. The lowest BCUT2D eigenvalue weighted by molar-refractivity contribution is -0.353. The molecular formula is C42H44O9. The third-order valence-electron chi connectivity index (χ3n) is 8.71. The minimum atomic E-state index is -1.43. The smallest absolute Gasteiger partial charge is 0.184 e. The fourth-order valence-electron chi connectivity index (χ4n) is 5.94. The van der Waals surface area contributed by atoms with Crippen LogP contribution in [0, 0.1) is 0 Å². The monoisotopic (exact) mass is 692 g/mol. The normalized spacial score (nSPS) is 19.6. The van der Waals surface area contributed by atoms with E-state index in [4.69, 9.17) is 37.9 Å². The van der Waals surface area contributed by atoms with Crippen LogP contribution in [0.5, 0.6) is 23.0 Å². The van der Waals surface area contributed by atoms with Gasteiger partial charge in [-0.25, -0.2) is 0 Å². The van der Waals surface area contributed by atoms with Crippen molar-refractivity contribution in [3.8, 4) is 23.0 Å². The molecule has 9 nitrogen and oxygen atoms in total. The van der Waals surface area contributed by atoms with E-state index in [-0.39, 0.29) is 33.0 Å². The van der Waals surface area contributed by atoms with E-state index in [1.807, 2.05) is 140 Å². The Morgan fingerprint density at radius 1 is 0.490 bits per heavy atom. The average Bonchev–Trinajstić information content (AvgIpc) is 3.19. The van der Waals surface area contributed by atoms with Crippen LogP contribution >= 0.6 is 0 Å². The van der Waals surface area contributed by atoms with E-state index in [2.05, 4.69) is 0 Å². The van der Waals surface area contributed by atoms with Crippen molar-refractivity contribution in [2.45, 2.75) is 50.0 Å². The summed E-state index contributed by atoms with van der Waals surface area (Å²) in [6, 6.07) is 44.0. The van der Waals surface area contributed by atoms with Gasteiger partial charge in [0.25, 0.3) is 0 Å². The number of methoxy groups -OCH3 is 2. The van der Waals surface area contributed by atoms with Crippen molar-refractivity contribution in [1.29, 1.82) is 0 Å². The molecule has 51 heavy (non-hydrogen) atoms. The molecule has 4 atom stereocenters. The molecule has 5 aromatic carbocycles. The van der Waals surface area contributed by atoms with Gasteiger partial charge in [-0.1, -0.05) is 91.0 Å². The van der Waals surface area contributed by atoms with Gasteiger partial charge in [-0.3, -0.25) is 0 Å². The van der Waals surface area contributed by atoms with E-state index in [1.54, 1.807) is 14.2 Å². The molecule has 1 aliphatic heterocycles. The maximum atomic E-state index is 11.9. The van der Waals surface area contributed by atoms with Gasteiger partial charge in [-0.15, -0.1) is 0 Å². The van der Waals surface area contributed by atoms with Crippen LogP contribution in [0.3, 0.4) is 0 Å². The van der Waals surface area contributed by atoms with Crippen molar-refractivity contribution < 1.29 is 43.0 Å². The molecule has 1 saturated heterocycles. The molecular weight excluding hydrogens is 648 g/mol. The largest absolute Gasteiger partial charge is 0.497 e. The van der Waals surface area contributed by atoms with Crippen molar-refractivity contribution in [3.63, 3.8) is 0 Å². The van der Waals surface area contributed by atoms with Gasteiger partial charge in [-0.05, 0) is 65.2 Å². The lowest BCUT2D eigenvalue weighted by Crippen LogP contribution is -2.70. The number of aliphatic hydroxyl groups is 1. The summed E-state index contributed by atoms with van der Waals surface area (Å²) in [6.07, 6.45) is -4.02. The Kier molecular flexibility index (Phi) is 12.6. The molecule has 0 spiro atoms. The summed E-state index contributed by atoms with van der Waals surface area (Å²) >= 11 is 0. The topological polar surface area (TPSA) is 94.1 Å². The molecule has 0 aliphatic carbocycles. The Balaban J connectivity index is 1.37. The molecule has 1 unspecified atom stereocenters. The molecule has 6 rings (SSSR count). The van der Waals surface area contributed by atoms with Crippen molar-refractivity contribution >= 4 is 0 Å². The number of hydrogen-bond donors (Lipinski definition) is 1. The minimum Gasteiger partial charge on any atom is -0.497 e. The highest BCUT2D eigenvalue weighted by Gasteiger charge is 2.58. The minimum absolute atomic E-state index is 0.0530. The first-order chi connectivity index (χ1) is 25.0. The predicted octanol–water partition coefficient (Wildman–Crippen LogP) is 7.01. The Labute approximate surface area is 299 Å². The number of rotatable bonds is 17. The molecule has 0 bridgehead atoms. The standard InChI is InChI=1S/C42H44O9/c1-44-34-18-22-36(23-19-34)49-29-42(30-50-37-24-20-35(45-2)21-25-37)40(48-28-33-16-10-5-11-17-33)38(46-26-31-12-6-3-7-13-31)39(41(43)51-42)47-27-32-14-8-4-9-15-32/h3-25,38-41,43H,26-30H2,1-2H3/t38-,39-,40+,41?/m1/s1. The van der Waals surface area contributed by atoms with Gasteiger partial charge in [0.05, 0.1) is 34.0 Å². The number of aliphatic hydroxyl groups excluding tert-OH is 1. The summed E-state index contributed by atoms with van der Waals surface area (Å²) in [7, 11) is 3.22. The molecule has 1 heterocycles. The zero-order valence-corrected chi connectivity index (χ0v) is 28.8. The van der Waals surface area contributed by atoms with Crippen molar-refractivity contribution in [2.24, 2.45) is 0 Å². The summed E-state index contributed by atoms with van der Waals surface area (Å²) in [5.41, 5.74) is 1.46. The van der Waals surface area contributed by atoms with Gasteiger partial charge >= 0.3 is 0 Å². The molecule has 1 N–H and O–H groups in total. The van der Waals surface area contributed by atoms with Gasteiger partial charge in [0.1, 0.15) is 54.5 Å². The van der Waals surface area contributed by atoms with Crippen molar-refractivity contribution in [2.75, 3.05) is 27.4 Å². The molecule has 5 aromatic rings. The maximum Gasteiger partial charge on any atom is 0.184 e. The Hall–Kier alpha value is -4.90. The van der Waals surface area contributed by atoms with Gasteiger partial charge in [-0.2, -0.15) is 0 Å². The zero-order chi connectivity index (χ0) is 35.3. The van der Waals surface area contributed by atoms with Crippen LogP contribution in [0.15, 0.2) is 140 Å². The van der Waals surface area contributed by atoms with E-state index in [1.165, 1.54) is 0 Å². The van der Waals surface area contributed by atoms with Crippen LogP contribution in [0.2, 0.25) is 0 Å². The summed E-state index contributed by atoms with van der Waals surface area (Å²) in [6.45, 7) is 0.586. The lowest BCUT2D eigenvalue weighted by atomic mass is 9.86. The van der Waals surface area contributed by atoms with E-state index >= 15 is 0 Å². The Morgan fingerprint density at radius 3 is 1.27 bits per heavy atom. The zero-order valence-electron chi connectivity index (χ0n) is 28.8. The lowest BCUT2D eigenvalue weighted by Gasteiger charge is -2.50. The first kappa shape index (κ1) is 35.9. The van der Waals surface area contributed by atoms with E-state index in [0.29, 0.717) is 23.0 Å². The molecule has 1 aliphatic rings. The molecule has 0 radical (unpaired) electrons. The van der Waals surface area contributed by atoms with Gasteiger partial charge < -0.3 is 43.0 Å². The number of hydrogen-bond acceptors (Lipinski definition) is 9. The van der Waals surface area contributed by atoms with Crippen molar-refractivity contribution in [3.05, 3.63) is 156 Å². The number of ether oxygens (including phenoxy) is 8.